The first-order valence-corrected chi connectivity index (χ1v) is 10.4. The number of hydrogen-bond donors (Lipinski definition) is 3. The lowest BCUT2D eigenvalue weighted by Gasteiger charge is -2.26. The number of aliphatic hydroxyl groups excluding tert-OH is 2. The van der Waals surface area contributed by atoms with E-state index >= 15 is 0 Å². The lowest BCUT2D eigenvalue weighted by molar-refractivity contribution is -0.131. The molecule has 8 nitrogen and oxygen atoms in total. The van der Waals surface area contributed by atoms with Crippen LogP contribution in [0.1, 0.15) is 18.9 Å². The van der Waals surface area contributed by atoms with Gasteiger partial charge < -0.3 is 29.9 Å². The third-order valence-electron chi connectivity index (χ3n) is 5.55. The molecule has 2 fully saturated rings. The topological polar surface area (TPSA) is 94.5 Å². The van der Waals surface area contributed by atoms with Crippen LogP contribution >= 0.6 is 0 Å². The minimum Gasteiger partial charge on any atom is -0.492 e. The van der Waals surface area contributed by atoms with Crippen LogP contribution in [-0.2, 0) is 16.1 Å². The molecule has 3 rings (SSSR count). The highest BCUT2D eigenvalue weighted by Gasteiger charge is 2.30. The van der Waals surface area contributed by atoms with Crippen LogP contribution in [0.15, 0.2) is 24.3 Å². The lowest BCUT2D eigenvalue weighted by atomic mass is 10.0. The van der Waals surface area contributed by atoms with E-state index in [1.807, 2.05) is 24.3 Å². The van der Waals surface area contributed by atoms with Crippen molar-refractivity contribution < 1.29 is 24.5 Å². The van der Waals surface area contributed by atoms with Gasteiger partial charge in [0.1, 0.15) is 12.4 Å². The van der Waals surface area contributed by atoms with E-state index in [2.05, 4.69) is 10.2 Å². The van der Waals surface area contributed by atoms with Gasteiger partial charge >= 0.3 is 0 Å². The second-order valence-corrected chi connectivity index (χ2v) is 7.81. The Morgan fingerprint density at radius 2 is 1.93 bits per heavy atom. The first-order valence-electron chi connectivity index (χ1n) is 10.4. The Morgan fingerprint density at radius 1 is 1.21 bits per heavy atom. The van der Waals surface area contributed by atoms with Gasteiger partial charge in [-0.1, -0.05) is 12.1 Å². The average Bonchev–Trinajstić information content (AvgIpc) is 2.86. The highest BCUT2D eigenvalue weighted by atomic mass is 16.5. The molecule has 2 saturated heterocycles. The molecule has 0 saturated carbocycles. The number of nitrogens with zero attached hydrogens (tertiary/aromatic N) is 2. The van der Waals surface area contributed by atoms with Crippen LogP contribution in [0.25, 0.3) is 0 Å². The summed E-state index contributed by atoms with van der Waals surface area (Å²) in [5.41, 5.74) is 1.07. The number of carbonyl (C=O) groups is 1. The number of morpholine rings is 1. The number of ether oxygens (including phenoxy) is 2. The molecule has 2 heterocycles. The largest absolute Gasteiger partial charge is 0.492 e. The minimum atomic E-state index is -0.709. The van der Waals surface area contributed by atoms with Gasteiger partial charge in [0, 0.05) is 52.2 Å². The van der Waals surface area contributed by atoms with Gasteiger partial charge in [-0.2, -0.15) is 0 Å². The first kappa shape index (κ1) is 22.0. The molecule has 1 aromatic rings. The van der Waals surface area contributed by atoms with Gasteiger partial charge in [-0.05, 0) is 24.1 Å². The van der Waals surface area contributed by atoms with Crippen molar-refractivity contribution in [1.82, 2.24) is 15.1 Å². The first-order chi connectivity index (χ1) is 14.0. The van der Waals surface area contributed by atoms with Gasteiger partial charge in [-0.3, -0.25) is 9.69 Å². The van der Waals surface area contributed by atoms with Crippen molar-refractivity contribution in [3.05, 3.63) is 29.8 Å². The van der Waals surface area contributed by atoms with E-state index in [1.54, 1.807) is 0 Å². The Kier molecular flexibility index (Phi) is 8.26. The van der Waals surface area contributed by atoms with Gasteiger partial charge in [0.2, 0.25) is 5.91 Å². The fraction of sp³-hybridized carbons (Fsp3) is 0.667. The maximum absolute atomic E-state index is 11.6. The molecule has 29 heavy (non-hydrogen) atoms. The molecule has 2 aliphatic rings. The molecule has 3 atom stereocenters. The molecule has 3 N–H and O–H groups in total. The fourth-order valence-corrected chi connectivity index (χ4v) is 3.75. The lowest BCUT2D eigenvalue weighted by Crippen LogP contribution is -2.44. The molecule has 2 aliphatic heterocycles. The average molecular weight is 408 g/mol. The van der Waals surface area contributed by atoms with Crippen LogP contribution in [0.3, 0.4) is 0 Å². The van der Waals surface area contributed by atoms with Gasteiger partial charge in [0.05, 0.1) is 25.4 Å². The summed E-state index contributed by atoms with van der Waals surface area (Å²) in [7, 11) is 0. The highest BCUT2D eigenvalue weighted by Crippen LogP contribution is 2.16. The quantitative estimate of drug-likeness (QED) is 0.578. The number of rotatable bonds is 7. The molecule has 8 heteroatoms. The zero-order chi connectivity index (χ0) is 20.6. The Bertz CT molecular complexity index is 636. The molecule has 0 aromatic heterocycles. The standard InChI is InChI=1S/C21H33N3O5/c1-16(25)24-14-18(26)12-20(21(27)15-24)22-13-17-2-4-19(5-3-17)29-11-8-23-6-9-28-10-7-23/h2-5,18,20-22,26-27H,6-15H2,1H3/t18-,20-,21-/m1/s1. The van der Waals surface area contributed by atoms with Crippen molar-refractivity contribution in [3.63, 3.8) is 0 Å². The summed E-state index contributed by atoms with van der Waals surface area (Å²) in [4.78, 5) is 15.4. The summed E-state index contributed by atoms with van der Waals surface area (Å²) in [5, 5.41) is 23.9. The van der Waals surface area contributed by atoms with Crippen LogP contribution in [0.4, 0.5) is 0 Å². The van der Waals surface area contributed by atoms with Crippen LogP contribution in [0.2, 0.25) is 0 Å². The van der Waals surface area contributed by atoms with Crippen LogP contribution < -0.4 is 10.1 Å². The van der Waals surface area contributed by atoms with E-state index in [1.165, 1.54) is 11.8 Å². The number of β-amino-alcohol motifs (C(OH)–C–C–N with tert-alkyl or cyclic N) is 2. The third kappa shape index (κ3) is 6.94. The van der Waals surface area contributed by atoms with Crippen LogP contribution in [0.5, 0.6) is 5.75 Å². The number of carbonyl (C=O) groups excluding carboxylic acids is 1. The molecule has 0 bridgehead atoms. The van der Waals surface area contributed by atoms with E-state index in [0.29, 0.717) is 19.6 Å². The number of hydrogen-bond acceptors (Lipinski definition) is 7. The summed E-state index contributed by atoms with van der Waals surface area (Å²) in [6.07, 6.45) is -0.942. The molecule has 162 valence electrons. The highest BCUT2D eigenvalue weighted by molar-refractivity contribution is 5.73. The van der Waals surface area contributed by atoms with Gasteiger partial charge in [0.15, 0.2) is 0 Å². The van der Waals surface area contributed by atoms with E-state index in [0.717, 1.165) is 44.2 Å². The van der Waals surface area contributed by atoms with E-state index in [4.69, 9.17) is 9.47 Å². The monoisotopic (exact) mass is 407 g/mol. The van der Waals surface area contributed by atoms with Crippen LogP contribution in [-0.4, -0.2) is 96.7 Å². The maximum Gasteiger partial charge on any atom is 0.219 e. The van der Waals surface area contributed by atoms with Crippen molar-refractivity contribution in [1.29, 1.82) is 0 Å². The molecule has 0 aliphatic carbocycles. The smallest absolute Gasteiger partial charge is 0.219 e. The number of amides is 1. The molecular weight excluding hydrogens is 374 g/mol. The molecule has 1 aromatic carbocycles. The maximum atomic E-state index is 11.6. The number of aliphatic hydroxyl groups is 2. The van der Waals surface area contributed by atoms with Crippen molar-refractivity contribution in [2.24, 2.45) is 0 Å². The van der Waals surface area contributed by atoms with Crippen LogP contribution in [0, 0.1) is 0 Å². The minimum absolute atomic E-state index is 0.132. The predicted octanol–water partition coefficient (Wildman–Crippen LogP) is -0.170. The number of nitrogens with one attached hydrogen (secondary N) is 1. The Balaban J connectivity index is 1.42. The van der Waals surface area contributed by atoms with Crippen molar-refractivity contribution in [2.75, 3.05) is 52.5 Å². The van der Waals surface area contributed by atoms with E-state index in [9.17, 15) is 15.0 Å². The summed E-state index contributed by atoms with van der Waals surface area (Å²) in [6.45, 7) is 7.58. The van der Waals surface area contributed by atoms with Gasteiger partial charge in [-0.15, -0.1) is 0 Å². The summed E-state index contributed by atoms with van der Waals surface area (Å²) >= 11 is 0. The van der Waals surface area contributed by atoms with E-state index in [-0.39, 0.29) is 25.0 Å². The van der Waals surface area contributed by atoms with Gasteiger partial charge in [-0.25, -0.2) is 0 Å². The van der Waals surface area contributed by atoms with Gasteiger partial charge in [0.25, 0.3) is 0 Å². The van der Waals surface area contributed by atoms with Crippen molar-refractivity contribution >= 4 is 5.91 Å². The third-order valence-corrected chi connectivity index (χ3v) is 5.55. The molecule has 0 radical (unpaired) electrons. The summed E-state index contributed by atoms with van der Waals surface area (Å²) < 4.78 is 11.2. The van der Waals surface area contributed by atoms with E-state index < -0.39 is 12.2 Å². The van der Waals surface area contributed by atoms with Crippen molar-refractivity contribution in [2.45, 2.75) is 38.1 Å². The SMILES string of the molecule is CC(=O)N1C[C@H](O)C[C@@H](NCc2ccc(OCCN3CCOCC3)cc2)[C@H](O)C1. The molecule has 0 spiro atoms. The Morgan fingerprint density at radius 3 is 2.62 bits per heavy atom. The molecular formula is C21H33N3O5. The number of likely N-dealkylation sites (tertiary alicyclic amines) is 1. The Labute approximate surface area is 172 Å². The molecule has 1 amide bonds. The zero-order valence-electron chi connectivity index (χ0n) is 17.1. The predicted molar refractivity (Wildman–Crippen MR) is 109 cm³/mol. The fourth-order valence-electron chi connectivity index (χ4n) is 3.75. The Hall–Kier alpha value is -1.71. The van der Waals surface area contributed by atoms with Crippen molar-refractivity contribution in [3.8, 4) is 5.75 Å². The second kappa shape index (κ2) is 10.9. The zero-order valence-corrected chi connectivity index (χ0v) is 17.1. The molecule has 0 unspecified atom stereocenters. The number of benzene rings is 1. The second-order valence-electron chi connectivity index (χ2n) is 7.81. The summed E-state index contributed by atoms with van der Waals surface area (Å²) in [6, 6.07) is 7.63. The normalized spacial score (nSPS) is 26.2. The summed E-state index contributed by atoms with van der Waals surface area (Å²) in [5.74, 6) is 0.706.